The smallest absolute Gasteiger partial charge is 0.268 e. The van der Waals surface area contributed by atoms with Crippen molar-refractivity contribution in [3.05, 3.63) is 12.2 Å². The highest BCUT2D eigenvalue weighted by Gasteiger charge is 2.24. The summed E-state index contributed by atoms with van der Waals surface area (Å²) in [5.41, 5.74) is 0. The molecule has 0 heterocycles. The van der Waals surface area contributed by atoms with E-state index in [4.69, 9.17) is 9.05 Å². The van der Waals surface area contributed by atoms with Gasteiger partial charge in [0.2, 0.25) is 5.91 Å². The third kappa shape index (κ3) is 50.9. The molecule has 0 aromatic heterocycles. The normalized spacial score (nSPS) is 14.0. The van der Waals surface area contributed by atoms with E-state index in [2.05, 4.69) is 31.3 Å². The molecule has 0 aromatic carbocycles. The quantitative estimate of drug-likeness (QED) is 0.0272. The first kappa shape index (κ1) is 64.2. The average Bonchev–Trinajstić information content (AvgIpc) is 3.26. The molecule has 0 saturated heterocycles. The van der Waals surface area contributed by atoms with Gasteiger partial charge in [-0.2, -0.15) is 0 Å². The first-order chi connectivity index (χ1) is 31.5. The third-order valence-electron chi connectivity index (χ3n) is 13.3. The van der Waals surface area contributed by atoms with Gasteiger partial charge in [0.15, 0.2) is 0 Å². The van der Waals surface area contributed by atoms with Gasteiger partial charge in [-0.15, -0.1) is 0 Å². The summed E-state index contributed by atoms with van der Waals surface area (Å²) in [5, 5.41) is 14.0. The van der Waals surface area contributed by atoms with Gasteiger partial charge in [0, 0.05) is 6.42 Å². The molecule has 0 rings (SSSR count). The molecule has 9 heteroatoms. The number of hydrogen-bond acceptors (Lipinski definition) is 6. The van der Waals surface area contributed by atoms with Gasteiger partial charge in [-0.1, -0.05) is 257 Å². The minimum atomic E-state index is -4.57. The molecule has 0 saturated carbocycles. The van der Waals surface area contributed by atoms with E-state index in [0.717, 1.165) is 38.5 Å². The number of quaternary nitrogens is 1. The minimum absolute atomic E-state index is 0.0152. The van der Waals surface area contributed by atoms with Crippen LogP contribution in [0.2, 0.25) is 0 Å². The zero-order chi connectivity index (χ0) is 47.8. The van der Waals surface area contributed by atoms with Crippen molar-refractivity contribution in [3.63, 3.8) is 0 Å². The molecule has 0 fully saturated rings. The van der Waals surface area contributed by atoms with Crippen LogP contribution in [0.5, 0.6) is 0 Å². The van der Waals surface area contributed by atoms with E-state index >= 15 is 0 Å². The maximum atomic E-state index is 13.0. The third-order valence-corrected chi connectivity index (χ3v) is 14.2. The number of likely N-dealkylation sites (N-methyl/N-ethyl adjacent to an activating group) is 1. The fourth-order valence-corrected chi connectivity index (χ4v) is 9.47. The number of rotatable bonds is 53. The summed E-state index contributed by atoms with van der Waals surface area (Å²) in [6.45, 7) is 4.76. The molecule has 388 valence electrons. The van der Waals surface area contributed by atoms with Crippen LogP contribution in [0.1, 0.15) is 290 Å². The molecule has 0 spiro atoms. The number of phosphoric ester groups is 1. The van der Waals surface area contributed by atoms with Crippen LogP contribution in [-0.2, 0) is 18.4 Å². The lowest BCUT2D eigenvalue weighted by molar-refractivity contribution is -0.870. The summed E-state index contributed by atoms with van der Waals surface area (Å²) in [5.74, 6) is -0.159. The Balaban J connectivity index is 4.03. The fraction of sp³-hybridized carbons (Fsp3) is 0.946. The lowest BCUT2D eigenvalue weighted by Gasteiger charge is -2.30. The van der Waals surface area contributed by atoms with E-state index < -0.39 is 20.0 Å². The summed E-state index contributed by atoms with van der Waals surface area (Å²) in [7, 11) is 1.32. The molecule has 0 radical (unpaired) electrons. The molecule has 0 aliphatic rings. The molecular weight excluding hydrogens is 828 g/mol. The second-order valence-corrected chi connectivity index (χ2v) is 22.4. The van der Waals surface area contributed by atoms with Crippen LogP contribution >= 0.6 is 7.82 Å². The molecule has 0 aliphatic heterocycles. The second-order valence-electron chi connectivity index (χ2n) is 21.0. The van der Waals surface area contributed by atoms with Crippen molar-refractivity contribution in [1.29, 1.82) is 0 Å². The summed E-state index contributed by atoms with van der Waals surface area (Å²) >= 11 is 0. The molecule has 1 amide bonds. The number of carbonyl (C=O) groups is 1. The lowest BCUT2D eigenvalue weighted by Crippen LogP contribution is -2.46. The number of allylic oxidation sites excluding steroid dienone is 2. The van der Waals surface area contributed by atoms with Crippen molar-refractivity contribution in [2.45, 2.75) is 302 Å². The van der Waals surface area contributed by atoms with E-state index in [-0.39, 0.29) is 19.1 Å². The molecular formula is C56H113N2O6P. The standard InChI is InChI=1S/C56H113N2O6P/c1-6-8-10-12-14-16-18-20-22-23-24-25-26-27-28-29-30-31-32-33-34-35-36-38-40-42-44-46-48-50-56(60)57-54(53-64-65(61,62)63-52-51-58(3,4)5)55(59)49-47-45-43-41-39-37-21-19-17-15-13-11-9-7-2/h23-24,54-55,59H,6-22,25-53H2,1-5H3,(H-,57,60,61,62)/b24-23-. The number of unbranched alkanes of at least 4 members (excludes halogenated alkanes) is 38. The molecule has 0 aromatic rings. The van der Waals surface area contributed by atoms with Gasteiger partial charge < -0.3 is 28.8 Å². The molecule has 3 atom stereocenters. The Kier molecular flexibility index (Phi) is 47.7. The summed E-state index contributed by atoms with van der Waals surface area (Å²) in [6, 6.07) is -0.796. The van der Waals surface area contributed by atoms with E-state index in [1.54, 1.807) is 0 Å². The molecule has 0 bridgehead atoms. The number of nitrogens with zero attached hydrogens (tertiary/aromatic N) is 1. The van der Waals surface area contributed by atoms with Crippen LogP contribution in [0.4, 0.5) is 0 Å². The zero-order valence-electron chi connectivity index (χ0n) is 44.2. The van der Waals surface area contributed by atoms with E-state index in [0.29, 0.717) is 23.9 Å². The Bertz CT molecular complexity index is 1070. The highest BCUT2D eigenvalue weighted by molar-refractivity contribution is 7.45. The van der Waals surface area contributed by atoms with Crippen LogP contribution in [0.3, 0.4) is 0 Å². The average molecular weight is 942 g/mol. The van der Waals surface area contributed by atoms with Gasteiger partial charge in [-0.25, -0.2) is 0 Å². The maximum absolute atomic E-state index is 13.0. The largest absolute Gasteiger partial charge is 0.756 e. The Hall–Kier alpha value is -0.760. The predicted molar refractivity (Wildman–Crippen MR) is 279 cm³/mol. The Morgan fingerprint density at radius 2 is 0.846 bits per heavy atom. The van der Waals surface area contributed by atoms with Crippen molar-refractivity contribution < 1.29 is 32.9 Å². The first-order valence-electron chi connectivity index (χ1n) is 28.5. The van der Waals surface area contributed by atoms with Gasteiger partial charge in [-0.05, 0) is 38.5 Å². The van der Waals surface area contributed by atoms with Crippen LogP contribution in [-0.4, -0.2) is 68.5 Å². The van der Waals surface area contributed by atoms with Crippen molar-refractivity contribution in [3.8, 4) is 0 Å². The number of aliphatic hydroxyl groups is 1. The lowest BCUT2D eigenvalue weighted by atomic mass is 10.0. The van der Waals surface area contributed by atoms with E-state index in [1.165, 1.54) is 225 Å². The van der Waals surface area contributed by atoms with Gasteiger partial charge >= 0.3 is 0 Å². The molecule has 8 nitrogen and oxygen atoms in total. The predicted octanol–water partition coefficient (Wildman–Crippen LogP) is 16.4. The number of carbonyl (C=O) groups excluding carboxylic acids is 1. The van der Waals surface area contributed by atoms with Crippen molar-refractivity contribution in [2.24, 2.45) is 0 Å². The number of phosphoric acid groups is 1. The highest BCUT2D eigenvalue weighted by Crippen LogP contribution is 2.38. The second kappa shape index (κ2) is 48.3. The number of hydrogen-bond donors (Lipinski definition) is 2. The Morgan fingerprint density at radius 1 is 0.523 bits per heavy atom. The van der Waals surface area contributed by atoms with Gasteiger partial charge in [0.1, 0.15) is 13.2 Å². The summed E-state index contributed by atoms with van der Waals surface area (Å²) in [4.78, 5) is 25.5. The zero-order valence-corrected chi connectivity index (χ0v) is 45.1. The van der Waals surface area contributed by atoms with Gasteiger partial charge in [0.05, 0.1) is 39.9 Å². The van der Waals surface area contributed by atoms with Crippen molar-refractivity contribution in [2.75, 3.05) is 40.9 Å². The molecule has 2 N–H and O–H groups in total. The summed E-state index contributed by atoms with van der Waals surface area (Å²) in [6.07, 6.45) is 58.2. The van der Waals surface area contributed by atoms with Gasteiger partial charge in [-0.3, -0.25) is 9.36 Å². The monoisotopic (exact) mass is 941 g/mol. The number of amides is 1. The minimum Gasteiger partial charge on any atom is -0.756 e. The number of aliphatic hydroxyl groups excluding tert-OH is 1. The SMILES string of the molecule is CCCCCCCCCC/C=C\CCCCCCCCCCCCCCCCCCCC(=O)NC(COP(=O)([O-])OCC[N+](C)(C)C)C(O)CCCCCCCCCCCCCCCC. The Labute approximate surface area is 405 Å². The van der Waals surface area contributed by atoms with Crippen molar-refractivity contribution in [1.82, 2.24) is 5.32 Å². The highest BCUT2D eigenvalue weighted by atomic mass is 31.2. The van der Waals surface area contributed by atoms with Crippen LogP contribution in [0, 0.1) is 0 Å². The maximum Gasteiger partial charge on any atom is 0.268 e. The van der Waals surface area contributed by atoms with Crippen LogP contribution in [0.25, 0.3) is 0 Å². The van der Waals surface area contributed by atoms with Crippen molar-refractivity contribution >= 4 is 13.7 Å². The molecule has 0 aliphatic carbocycles. The van der Waals surface area contributed by atoms with E-state index in [9.17, 15) is 19.4 Å². The number of nitrogens with one attached hydrogen (secondary N) is 1. The first-order valence-corrected chi connectivity index (χ1v) is 30.0. The topological polar surface area (TPSA) is 108 Å². The van der Waals surface area contributed by atoms with Gasteiger partial charge in [0.25, 0.3) is 7.82 Å². The van der Waals surface area contributed by atoms with Crippen LogP contribution in [0.15, 0.2) is 12.2 Å². The fourth-order valence-electron chi connectivity index (χ4n) is 8.74. The summed E-state index contributed by atoms with van der Waals surface area (Å²) < 4.78 is 23.4. The molecule has 3 unspecified atom stereocenters. The van der Waals surface area contributed by atoms with E-state index in [1.807, 2.05) is 21.1 Å². The molecule has 65 heavy (non-hydrogen) atoms. The van der Waals surface area contributed by atoms with Crippen LogP contribution < -0.4 is 10.2 Å². The Morgan fingerprint density at radius 3 is 1.20 bits per heavy atom.